The summed E-state index contributed by atoms with van der Waals surface area (Å²) in [5, 5.41) is 14.3. The van der Waals surface area contributed by atoms with Gasteiger partial charge in [-0.1, -0.05) is 42.5 Å². The van der Waals surface area contributed by atoms with Crippen LogP contribution in [0.2, 0.25) is 0 Å². The van der Waals surface area contributed by atoms with Crippen molar-refractivity contribution in [3.63, 3.8) is 0 Å². The highest BCUT2D eigenvalue weighted by Gasteiger charge is 2.20. The normalized spacial score (nSPS) is 11.5. The van der Waals surface area contributed by atoms with Gasteiger partial charge in [-0.2, -0.15) is 0 Å². The Hall–Kier alpha value is -4.43. The monoisotopic (exact) mass is 473 g/mol. The number of aryl methyl sites for hydroxylation is 1. The smallest absolute Gasteiger partial charge is 0.274 e. The summed E-state index contributed by atoms with van der Waals surface area (Å²) >= 11 is 0. The molecule has 0 unspecified atom stereocenters. The van der Waals surface area contributed by atoms with Gasteiger partial charge in [0, 0.05) is 17.3 Å². The van der Waals surface area contributed by atoms with Crippen LogP contribution < -0.4 is 20.9 Å². The minimum Gasteiger partial charge on any atom is -0.497 e. The lowest BCUT2D eigenvalue weighted by atomic mass is 10.0. The Labute approximate surface area is 203 Å². The molecule has 0 aliphatic rings. The van der Waals surface area contributed by atoms with Crippen LogP contribution in [-0.2, 0) is 16.0 Å². The molecule has 8 nitrogen and oxygen atoms in total. The average Bonchev–Trinajstić information content (AvgIpc) is 2.90. The molecular formula is C27H27N3O5. The Morgan fingerprint density at radius 3 is 2.26 bits per heavy atom. The Morgan fingerprint density at radius 1 is 0.943 bits per heavy atom. The summed E-state index contributed by atoms with van der Waals surface area (Å²) in [6.07, 6.45) is 4.00. The van der Waals surface area contributed by atoms with Crippen LogP contribution in [0.25, 0.3) is 6.08 Å². The van der Waals surface area contributed by atoms with Gasteiger partial charge in [-0.25, -0.2) is 5.48 Å². The van der Waals surface area contributed by atoms with Crippen LogP contribution in [0.15, 0.2) is 84.9 Å². The molecule has 0 saturated carbocycles. The predicted molar refractivity (Wildman–Crippen MR) is 133 cm³/mol. The zero-order chi connectivity index (χ0) is 25.0. The molecule has 4 N–H and O–H groups in total. The number of anilines is 1. The van der Waals surface area contributed by atoms with E-state index in [4.69, 9.17) is 9.94 Å². The second-order valence-corrected chi connectivity index (χ2v) is 7.70. The number of nitrogens with one attached hydrogen (secondary N) is 3. The minimum absolute atomic E-state index is 0.237. The van der Waals surface area contributed by atoms with Gasteiger partial charge in [0.05, 0.1) is 7.11 Å². The van der Waals surface area contributed by atoms with Crippen molar-refractivity contribution in [2.75, 3.05) is 12.4 Å². The van der Waals surface area contributed by atoms with E-state index in [2.05, 4.69) is 10.6 Å². The molecule has 0 saturated heterocycles. The fraction of sp³-hybridized carbons (Fsp3) is 0.148. The van der Waals surface area contributed by atoms with Gasteiger partial charge in [0.15, 0.2) is 0 Å². The second kappa shape index (κ2) is 12.7. The van der Waals surface area contributed by atoms with Crippen molar-refractivity contribution in [3.05, 3.63) is 102 Å². The number of amides is 3. The molecule has 0 aliphatic heterocycles. The lowest BCUT2D eigenvalue weighted by molar-refractivity contribution is -0.123. The lowest BCUT2D eigenvalue weighted by Gasteiger charge is -2.18. The van der Waals surface area contributed by atoms with E-state index < -0.39 is 17.9 Å². The van der Waals surface area contributed by atoms with E-state index in [9.17, 15) is 14.4 Å². The summed E-state index contributed by atoms with van der Waals surface area (Å²) in [4.78, 5) is 37.1. The highest BCUT2D eigenvalue weighted by atomic mass is 16.5. The van der Waals surface area contributed by atoms with E-state index in [-0.39, 0.29) is 11.5 Å². The maximum Gasteiger partial charge on any atom is 0.274 e. The molecule has 35 heavy (non-hydrogen) atoms. The van der Waals surface area contributed by atoms with Crippen LogP contribution in [0.5, 0.6) is 5.75 Å². The summed E-state index contributed by atoms with van der Waals surface area (Å²) < 4.78 is 5.18. The summed E-state index contributed by atoms with van der Waals surface area (Å²) in [5.41, 5.74) is 4.11. The average molecular weight is 474 g/mol. The zero-order valence-electron chi connectivity index (χ0n) is 19.2. The van der Waals surface area contributed by atoms with Crippen LogP contribution in [0.1, 0.15) is 27.9 Å². The van der Waals surface area contributed by atoms with Crippen LogP contribution >= 0.6 is 0 Å². The third kappa shape index (κ3) is 7.83. The zero-order valence-corrected chi connectivity index (χ0v) is 19.2. The fourth-order valence-corrected chi connectivity index (χ4v) is 3.33. The molecule has 0 heterocycles. The number of rotatable bonds is 10. The van der Waals surface area contributed by atoms with E-state index in [1.54, 1.807) is 30.8 Å². The standard InChI is InChI=1S/C27H27N3O5/c1-35-23-15-7-20(8-16-23)9-17-24(29-25(31)18-10-19-5-3-2-4-6-19)27(33)28-22-13-11-21(12-14-22)26(32)30-34/h2-8,10-16,18,24,34H,9,17H2,1H3,(H,28,33)(H,29,31)(H,30,32)/b18-10+/t24-/m0/s1. The molecular weight excluding hydrogens is 446 g/mol. The summed E-state index contributed by atoms with van der Waals surface area (Å²) in [6, 6.07) is 22.1. The highest BCUT2D eigenvalue weighted by molar-refractivity contribution is 6.00. The first-order chi connectivity index (χ1) is 17.0. The quantitative estimate of drug-likeness (QED) is 0.204. The van der Waals surface area contributed by atoms with E-state index >= 15 is 0 Å². The first-order valence-electron chi connectivity index (χ1n) is 11.0. The van der Waals surface area contributed by atoms with Gasteiger partial charge in [-0.15, -0.1) is 0 Å². The first kappa shape index (κ1) is 25.2. The molecule has 0 spiro atoms. The molecule has 180 valence electrons. The Morgan fingerprint density at radius 2 is 1.63 bits per heavy atom. The molecule has 0 aliphatic carbocycles. The van der Waals surface area contributed by atoms with Crippen molar-refractivity contribution in [3.8, 4) is 5.75 Å². The summed E-state index contributed by atoms with van der Waals surface area (Å²) in [7, 11) is 1.59. The van der Waals surface area contributed by atoms with E-state index in [1.165, 1.54) is 18.2 Å². The number of carbonyl (C=O) groups excluding carboxylic acids is 3. The van der Waals surface area contributed by atoms with Crippen molar-refractivity contribution in [1.82, 2.24) is 10.8 Å². The third-order valence-corrected chi connectivity index (χ3v) is 5.26. The van der Waals surface area contributed by atoms with Gasteiger partial charge in [0.25, 0.3) is 5.91 Å². The summed E-state index contributed by atoms with van der Waals surface area (Å²) in [6.45, 7) is 0. The van der Waals surface area contributed by atoms with E-state index in [0.29, 0.717) is 18.5 Å². The Kier molecular flexibility index (Phi) is 9.15. The molecule has 0 radical (unpaired) electrons. The molecule has 0 aromatic heterocycles. The summed E-state index contributed by atoms with van der Waals surface area (Å²) in [5.74, 6) is -0.698. The SMILES string of the molecule is COc1ccc(CC[C@H](NC(=O)/C=C/c2ccccc2)C(=O)Nc2ccc(C(=O)NO)cc2)cc1. The van der Waals surface area contributed by atoms with Crippen molar-refractivity contribution < 1.29 is 24.3 Å². The third-order valence-electron chi connectivity index (χ3n) is 5.26. The van der Waals surface area contributed by atoms with Crippen molar-refractivity contribution in [2.45, 2.75) is 18.9 Å². The molecule has 0 bridgehead atoms. The molecule has 3 aromatic rings. The number of methoxy groups -OCH3 is 1. The fourth-order valence-electron chi connectivity index (χ4n) is 3.33. The van der Waals surface area contributed by atoms with E-state index in [0.717, 1.165) is 16.9 Å². The predicted octanol–water partition coefficient (Wildman–Crippen LogP) is 3.58. The van der Waals surface area contributed by atoms with Crippen LogP contribution in [0.3, 0.4) is 0 Å². The van der Waals surface area contributed by atoms with Gasteiger partial charge < -0.3 is 15.4 Å². The van der Waals surface area contributed by atoms with Gasteiger partial charge in [0.2, 0.25) is 11.8 Å². The molecule has 1 atom stereocenters. The van der Waals surface area contributed by atoms with Crippen LogP contribution in [-0.4, -0.2) is 36.1 Å². The van der Waals surface area contributed by atoms with Gasteiger partial charge in [0.1, 0.15) is 11.8 Å². The second-order valence-electron chi connectivity index (χ2n) is 7.70. The van der Waals surface area contributed by atoms with Gasteiger partial charge in [-0.05, 0) is 66.4 Å². The van der Waals surface area contributed by atoms with E-state index in [1.807, 2.05) is 54.6 Å². The Balaban J connectivity index is 1.69. The number of hydrogen-bond acceptors (Lipinski definition) is 5. The minimum atomic E-state index is -0.801. The van der Waals surface area contributed by atoms with Gasteiger partial charge >= 0.3 is 0 Å². The maximum absolute atomic E-state index is 13.0. The van der Waals surface area contributed by atoms with Crippen molar-refractivity contribution in [1.29, 1.82) is 0 Å². The topological polar surface area (TPSA) is 117 Å². The molecule has 3 amide bonds. The first-order valence-corrected chi connectivity index (χ1v) is 11.0. The Bertz CT molecular complexity index is 1160. The number of benzene rings is 3. The lowest BCUT2D eigenvalue weighted by Crippen LogP contribution is -2.43. The highest BCUT2D eigenvalue weighted by Crippen LogP contribution is 2.15. The maximum atomic E-state index is 13.0. The van der Waals surface area contributed by atoms with Crippen LogP contribution in [0.4, 0.5) is 5.69 Å². The number of ether oxygens (including phenoxy) is 1. The molecule has 8 heteroatoms. The van der Waals surface area contributed by atoms with Gasteiger partial charge in [-0.3, -0.25) is 19.6 Å². The number of hydrogen-bond donors (Lipinski definition) is 4. The molecule has 0 fully saturated rings. The molecule has 3 aromatic carbocycles. The van der Waals surface area contributed by atoms with Crippen molar-refractivity contribution >= 4 is 29.5 Å². The number of carbonyl (C=O) groups is 3. The number of hydroxylamine groups is 1. The molecule has 3 rings (SSSR count). The van der Waals surface area contributed by atoms with Crippen LogP contribution in [0, 0.1) is 0 Å². The largest absolute Gasteiger partial charge is 0.497 e. The van der Waals surface area contributed by atoms with Crippen molar-refractivity contribution in [2.24, 2.45) is 0 Å².